The summed E-state index contributed by atoms with van der Waals surface area (Å²) in [6.45, 7) is 2.24. The number of H-pyrrole nitrogens is 1. The highest BCUT2D eigenvalue weighted by molar-refractivity contribution is 5.80. The summed E-state index contributed by atoms with van der Waals surface area (Å²) in [5, 5.41) is 9.54. The molecule has 0 unspecified atom stereocenters. The number of carbonyl (C=O) groups is 1. The second-order valence-corrected chi connectivity index (χ2v) is 5.51. The van der Waals surface area contributed by atoms with Crippen molar-refractivity contribution in [2.45, 2.75) is 32.4 Å². The van der Waals surface area contributed by atoms with Gasteiger partial charge < -0.3 is 10.1 Å². The number of hydrogen-bond acceptors (Lipinski definition) is 4. The van der Waals surface area contributed by atoms with Crippen molar-refractivity contribution in [1.29, 1.82) is 0 Å². The van der Waals surface area contributed by atoms with E-state index in [-0.39, 0.29) is 12.1 Å². The largest absolute Gasteiger partial charge is 0.480 e. The van der Waals surface area contributed by atoms with Crippen LogP contribution in [0.3, 0.4) is 0 Å². The molecular formula is C15H17N3O3. The fourth-order valence-corrected chi connectivity index (χ4v) is 2.55. The first kappa shape index (κ1) is 13.8. The van der Waals surface area contributed by atoms with Crippen LogP contribution in [-0.2, 0) is 11.3 Å². The number of aromatic amines is 1. The van der Waals surface area contributed by atoms with Crippen LogP contribution in [0.5, 0.6) is 0 Å². The van der Waals surface area contributed by atoms with Crippen molar-refractivity contribution >= 4 is 16.9 Å². The molecule has 2 aromatic rings. The predicted octanol–water partition coefficient (Wildman–Crippen LogP) is 1.28. The van der Waals surface area contributed by atoms with Crippen molar-refractivity contribution in [3.8, 4) is 0 Å². The summed E-state index contributed by atoms with van der Waals surface area (Å²) in [4.78, 5) is 32.2. The van der Waals surface area contributed by atoms with Crippen LogP contribution < -0.4 is 5.56 Å². The molecule has 3 rings (SSSR count). The first-order chi connectivity index (χ1) is 10.0. The third-order valence-corrected chi connectivity index (χ3v) is 3.74. The summed E-state index contributed by atoms with van der Waals surface area (Å²) >= 11 is 0. The molecule has 1 aliphatic carbocycles. The Morgan fingerprint density at radius 1 is 1.48 bits per heavy atom. The van der Waals surface area contributed by atoms with Gasteiger partial charge in [0.05, 0.1) is 24.0 Å². The van der Waals surface area contributed by atoms with Crippen molar-refractivity contribution in [3.63, 3.8) is 0 Å². The van der Waals surface area contributed by atoms with Gasteiger partial charge in [-0.05, 0) is 31.4 Å². The number of para-hydroxylation sites is 1. The SMILES string of the molecule is Cc1cccc2c(=O)[nH]c(CN(CC(=O)O)C3CC3)nc12. The topological polar surface area (TPSA) is 86.3 Å². The number of aryl methyl sites for hydroxylation is 1. The first-order valence-electron chi connectivity index (χ1n) is 6.99. The second-order valence-electron chi connectivity index (χ2n) is 5.51. The minimum Gasteiger partial charge on any atom is -0.480 e. The monoisotopic (exact) mass is 287 g/mol. The van der Waals surface area contributed by atoms with Gasteiger partial charge in [0.2, 0.25) is 0 Å². The number of carboxylic acids is 1. The molecule has 6 nitrogen and oxygen atoms in total. The van der Waals surface area contributed by atoms with Gasteiger partial charge in [0.1, 0.15) is 5.82 Å². The smallest absolute Gasteiger partial charge is 0.317 e. The molecule has 1 aliphatic rings. The molecule has 0 bridgehead atoms. The number of benzene rings is 1. The van der Waals surface area contributed by atoms with Gasteiger partial charge in [-0.25, -0.2) is 4.98 Å². The van der Waals surface area contributed by atoms with Crippen molar-refractivity contribution in [3.05, 3.63) is 39.9 Å². The molecule has 1 aromatic carbocycles. The Morgan fingerprint density at radius 3 is 2.90 bits per heavy atom. The first-order valence-corrected chi connectivity index (χ1v) is 6.99. The van der Waals surface area contributed by atoms with Crippen molar-refractivity contribution < 1.29 is 9.90 Å². The van der Waals surface area contributed by atoms with E-state index < -0.39 is 5.97 Å². The van der Waals surface area contributed by atoms with E-state index in [1.807, 2.05) is 24.0 Å². The molecule has 0 aliphatic heterocycles. The Hall–Kier alpha value is -2.21. The van der Waals surface area contributed by atoms with Crippen LogP contribution in [0, 0.1) is 6.92 Å². The van der Waals surface area contributed by atoms with Crippen LogP contribution in [0.4, 0.5) is 0 Å². The van der Waals surface area contributed by atoms with Gasteiger partial charge in [0.15, 0.2) is 0 Å². The van der Waals surface area contributed by atoms with E-state index in [9.17, 15) is 9.59 Å². The molecule has 1 saturated carbocycles. The minimum absolute atomic E-state index is 0.0276. The Bertz CT molecular complexity index is 749. The Labute approximate surface area is 121 Å². The van der Waals surface area contributed by atoms with Crippen LogP contribution in [-0.4, -0.2) is 38.5 Å². The van der Waals surface area contributed by atoms with Crippen molar-refractivity contribution in [1.82, 2.24) is 14.9 Å². The second kappa shape index (κ2) is 5.29. The summed E-state index contributed by atoms with van der Waals surface area (Å²) in [5.74, 6) is -0.337. The summed E-state index contributed by atoms with van der Waals surface area (Å²) in [6.07, 6.45) is 2.01. The molecule has 1 aromatic heterocycles. The molecule has 0 saturated heterocycles. The van der Waals surface area contributed by atoms with E-state index in [4.69, 9.17) is 5.11 Å². The molecule has 0 radical (unpaired) electrons. The summed E-state index contributed by atoms with van der Waals surface area (Å²) < 4.78 is 0. The third-order valence-electron chi connectivity index (χ3n) is 3.74. The lowest BCUT2D eigenvalue weighted by molar-refractivity contribution is -0.138. The van der Waals surface area contributed by atoms with Crippen LogP contribution in [0.15, 0.2) is 23.0 Å². The molecule has 21 heavy (non-hydrogen) atoms. The van der Waals surface area contributed by atoms with Crippen molar-refractivity contribution in [2.24, 2.45) is 0 Å². The number of carboxylic acid groups (broad SMARTS) is 1. The van der Waals surface area contributed by atoms with Crippen LogP contribution in [0.25, 0.3) is 10.9 Å². The summed E-state index contributed by atoms with van der Waals surface area (Å²) in [5.41, 5.74) is 1.45. The lowest BCUT2D eigenvalue weighted by Gasteiger charge is -2.19. The zero-order chi connectivity index (χ0) is 15.0. The van der Waals surface area contributed by atoms with Gasteiger partial charge in [-0.3, -0.25) is 14.5 Å². The third kappa shape index (κ3) is 2.95. The lowest BCUT2D eigenvalue weighted by Crippen LogP contribution is -2.32. The molecule has 0 amide bonds. The zero-order valence-electron chi connectivity index (χ0n) is 11.8. The maximum absolute atomic E-state index is 12.1. The van der Waals surface area contributed by atoms with E-state index in [1.165, 1.54) is 0 Å². The van der Waals surface area contributed by atoms with E-state index in [0.29, 0.717) is 29.3 Å². The fraction of sp³-hybridized carbons (Fsp3) is 0.400. The maximum Gasteiger partial charge on any atom is 0.317 e. The molecule has 1 fully saturated rings. The minimum atomic E-state index is -0.860. The van der Waals surface area contributed by atoms with Gasteiger partial charge in [-0.15, -0.1) is 0 Å². The molecular weight excluding hydrogens is 270 g/mol. The normalized spacial score (nSPS) is 14.8. The van der Waals surface area contributed by atoms with Gasteiger partial charge in [0.25, 0.3) is 5.56 Å². The molecule has 110 valence electrons. The number of rotatable bonds is 5. The fourth-order valence-electron chi connectivity index (χ4n) is 2.55. The molecule has 6 heteroatoms. The van der Waals surface area contributed by atoms with Crippen LogP contribution in [0.1, 0.15) is 24.2 Å². The van der Waals surface area contributed by atoms with Crippen LogP contribution in [0.2, 0.25) is 0 Å². The Kier molecular flexibility index (Phi) is 3.47. The number of aliphatic carboxylic acids is 1. The number of hydrogen-bond donors (Lipinski definition) is 2. The van der Waals surface area contributed by atoms with Gasteiger partial charge in [-0.1, -0.05) is 12.1 Å². The highest BCUT2D eigenvalue weighted by Crippen LogP contribution is 2.27. The van der Waals surface area contributed by atoms with Gasteiger partial charge in [0, 0.05) is 6.04 Å². The summed E-state index contributed by atoms with van der Waals surface area (Å²) in [7, 11) is 0. The Morgan fingerprint density at radius 2 is 2.24 bits per heavy atom. The zero-order valence-corrected chi connectivity index (χ0v) is 11.8. The maximum atomic E-state index is 12.1. The predicted molar refractivity (Wildman–Crippen MR) is 78.2 cm³/mol. The van der Waals surface area contributed by atoms with E-state index in [2.05, 4.69) is 9.97 Å². The lowest BCUT2D eigenvalue weighted by atomic mass is 10.1. The molecule has 2 N–H and O–H groups in total. The van der Waals surface area contributed by atoms with E-state index in [1.54, 1.807) is 6.07 Å². The quantitative estimate of drug-likeness (QED) is 0.865. The van der Waals surface area contributed by atoms with Gasteiger partial charge in [-0.2, -0.15) is 0 Å². The number of fused-ring (bicyclic) bond motifs is 1. The average molecular weight is 287 g/mol. The highest BCUT2D eigenvalue weighted by Gasteiger charge is 2.30. The highest BCUT2D eigenvalue weighted by atomic mass is 16.4. The van der Waals surface area contributed by atoms with E-state index >= 15 is 0 Å². The molecule has 1 heterocycles. The average Bonchev–Trinajstić information content (AvgIpc) is 3.23. The number of nitrogens with one attached hydrogen (secondary N) is 1. The number of aromatic nitrogens is 2. The standard InChI is InChI=1S/C15H17N3O3/c1-9-3-2-4-11-14(9)16-12(17-15(11)21)7-18(8-13(19)20)10-5-6-10/h2-4,10H,5-8H2,1H3,(H,19,20)(H,16,17,21). The Balaban J connectivity index is 1.94. The van der Waals surface area contributed by atoms with Crippen molar-refractivity contribution in [2.75, 3.05) is 6.54 Å². The van der Waals surface area contributed by atoms with E-state index in [0.717, 1.165) is 18.4 Å². The van der Waals surface area contributed by atoms with Gasteiger partial charge >= 0.3 is 5.97 Å². The van der Waals surface area contributed by atoms with Crippen LogP contribution >= 0.6 is 0 Å². The number of nitrogens with zero attached hydrogens (tertiary/aromatic N) is 2. The molecule has 0 spiro atoms. The molecule has 0 atom stereocenters. The summed E-state index contributed by atoms with van der Waals surface area (Å²) in [6, 6.07) is 5.77.